The average molecular weight is 250 g/mol. The lowest BCUT2D eigenvalue weighted by Gasteiger charge is -2.25. The smallest absolute Gasteiger partial charge is 0.281 e. The summed E-state index contributed by atoms with van der Waals surface area (Å²) in [7, 11) is -0.306. The quantitative estimate of drug-likeness (QED) is 0.706. The van der Waals surface area contributed by atoms with Crippen LogP contribution in [-0.4, -0.2) is 55.4 Å². The molecule has 1 N–H and O–H groups in total. The molecule has 0 aliphatic heterocycles. The Bertz CT molecular complexity index is 314. The van der Waals surface area contributed by atoms with Crippen molar-refractivity contribution in [1.82, 2.24) is 8.61 Å². The minimum Gasteiger partial charge on any atom is -0.391 e. The van der Waals surface area contributed by atoms with E-state index >= 15 is 0 Å². The molecule has 0 spiro atoms. The summed E-state index contributed by atoms with van der Waals surface area (Å²) in [5, 5.41) is 9.71. The molecule has 1 aliphatic carbocycles. The van der Waals surface area contributed by atoms with Crippen molar-refractivity contribution in [3.63, 3.8) is 0 Å². The molecule has 16 heavy (non-hydrogen) atoms. The van der Waals surface area contributed by atoms with E-state index in [1.807, 2.05) is 6.92 Å². The maximum atomic E-state index is 11.9. The Hall–Kier alpha value is -0.170. The first-order valence-corrected chi connectivity index (χ1v) is 7.15. The summed E-state index contributed by atoms with van der Waals surface area (Å²) in [5.74, 6) is 0.300. The van der Waals surface area contributed by atoms with E-state index < -0.39 is 16.3 Å². The van der Waals surface area contributed by atoms with Gasteiger partial charge in [0.15, 0.2) is 0 Å². The third kappa shape index (κ3) is 3.41. The predicted octanol–water partition coefficient (Wildman–Crippen LogP) is 0.276. The van der Waals surface area contributed by atoms with Crippen LogP contribution in [0.15, 0.2) is 0 Å². The van der Waals surface area contributed by atoms with Gasteiger partial charge in [-0.3, -0.25) is 0 Å². The van der Waals surface area contributed by atoms with E-state index in [0.717, 1.165) is 19.3 Å². The first-order valence-electron chi connectivity index (χ1n) is 5.75. The molecule has 1 saturated carbocycles. The second-order valence-corrected chi connectivity index (χ2v) is 6.66. The fraction of sp³-hybridized carbons (Fsp3) is 1.00. The van der Waals surface area contributed by atoms with E-state index in [9.17, 15) is 13.5 Å². The predicted molar refractivity (Wildman–Crippen MR) is 63.2 cm³/mol. The van der Waals surface area contributed by atoms with Gasteiger partial charge in [-0.1, -0.05) is 6.92 Å². The summed E-state index contributed by atoms with van der Waals surface area (Å²) in [6, 6.07) is 0. The minimum absolute atomic E-state index is 0.195. The third-order valence-electron chi connectivity index (χ3n) is 2.94. The van der Waals surface area contributed by atoms with Crippen LogP contribution in [0.1, 0.15) is 26.2 Å². The molecule has 0 radical (unpaired) electrons. The number of hydrogen-bond acceptors (Lipinski definition) is 3. The Morgan fingerprint density at radius 2 is 1.88 bits per heavy atom. The third-order valence-corrected chi connectivity index (χ3v) is 4.84. The number of nitrogens with zero attached hydrogens (tertiary/aromatic N) is 2. The van der Waals surface area contributed by atoms with Crippen LogP contribution in [0.5, 0.6) is 0 Å². The van der Waals surface area contributed by atoms with Crippen molar-refractivity contribution >= 4 is 10.2 Å². The lowest BCUT2D eigenvalue weighted by atomic mass is 10.2. The summed E-state index contributed by atoms with van der Waals surface area (Å²) in [6.45, 7) is 2.64. The molecule has 0 aromatic rings. The van der Waals surface area contributed by atoms with Crippen molar-refractivity contribution in [2.24, 2.45) is 5.92 Å². The maximum absolute atomic E-state index is 11.9. The van der Waals surface area contributed by atoms with Gasteiger partial charge in [0, 0.05) is 27.2 Å². The summed E-state index contributed by atoms with van der Waals surface area (Å²) < 4.78 is 26.4. The molecule has 96 valence electrons. The Morgan fingerprint density at radius 1 is 1.31 bits per heavy atom. The molecule has 1 rings (SSSR count). The monoisotopic (exact) mass is 250 g/mol. The molecule has 0 saturated heterocycles. The summed E-state index contributed by atoms with van der Waals surface area (Å²) >= 11 is 0. The number of rotatable bonds is 7. The first-order chi connectivity index (χ1) is 7.39. The first kappa shape index (κ1) is 13.9. The molecule has 0 heterocycles. The molecule has 0 amide bonds. The summed E-state index contributed by atoms with van der Waals surface area (Å²) in [5.41, 5.74) is 0. The largest absolute Gasteiger partial charge is 0.391 e. The van der Waals surface area contributed by atoms with Gasteiger partial charge in [-0.2, -0.15) is 17.0 Å². The van der Waals surface area contributed by atoms with Crippen molar-refractivity contribution in [2.45, 2.75) is 32.3 Å². The molecule has 1 atom stereocenters. The van der Waals surface area contributed by atoms with Crippen LogP contribution < -0.4 is 0 Å². The normalized spacial score (nSPS) is 19.4. The standard InChI is InChI=1S/C10H22N2O3S/c1-4-7-11(2)16(14,15)12(3)8-10(13)9-5-6-9/h9-10,13H,4-8H2,1-3H3. The van der Waals surface area contributed by atoms with Gasteiger partial charge in [0.1, 0.15) is 0 Å². The van der Waals surface area contributed by atoms with Crippen LogP contribution >= 0.6 is 0 Å². The van der Waals surface area contributed by atoms with Crippen molar-refractivity contribution in [1.29, 1.82) is 0 Å². The highest BCUT2D eigenvalue weighted by molar-refractivity contribution is 7.86. The van der Waals surface area contributed by atoms with Crippen LogP contribution in [0, 0.1) is 5.92 Å². The molecule has 1 unspecified atom stereocenters. The number of aliphatic hydroxyl groups is 1. The van der Waals surface area contributed by atoms with Gasteiger partial charge in [-0.15, -0.1) is 0 Å². The zero-order valence-corrected chi connectivity index (χ0v) is 11.1. The fourth-order valence-corrected chi connectivity index (χ4v) is 2.89. The molecule has 0 bridgehead atoms. The van der Waals surface area contributed by atoms with Gasteiger partial charge in [-0.25, -0.2) is 0 Å². The van der Waals surface area contributed by atoms with Crippen LogP contribution in [0.25, 0.3) is 0 Å². The Morgan fingerprint density at radius 3 is 2.31 bits per heavy atom. The SMILES string of the molecule is CCCN(C)S(=O)(=O)N(C)CC(O)C1CC1. The maximum Gasteiger partial charge on any atom is 0.281 e. The van der Waals surface area contributed by atoms with Crippen molar-refractivity contribution in [3.8, 4) is 0 Å². The number of aliphatic hydroxyl groups excluding tert-OH is 1. The van der Waals surface area contributed by atoms with Gasteiger partial charge in [0.25, 0.3) is 10.2 Å². The zero-order valence-electron chi connectivity index (χ0n) is 10.3. The number of hydrogen-bond donors (Lipinski definition) is 1. The van der Waals surface area contributed by atoms with Gasteiger partial charge in [0.05, 0.1) is 6.10 Å². The van der Waals surface area contributed by atoms with Crippen LogP contribution in [0.2, 0.25) is 0 Å². The van der Waals surface area contributed by atoms with Crippen molar-refractivity contribution < 1.29 is 13.5 Å². The topological polar surface area (TPSA) is 60.9 Å². The highest BCUT2D eigenvalue weighted by Gasteiger charge is 2.33. The van der Waals surface area contributed by atoms with E-state index in [1.165, 1.54) is 15.7 Å². The molecule has 1 fully saturated rings. The molecular weight excluding hydrogens is 228 g/mol. The number of likely N-dealkylation sites (N-methyl/N-ethyl adjacent to an activating group) is 1. The molecular formula is C10H22N2O3S. The van der Waals surface area contributed by atoms with E-state index in [4.69, 9.17) is 0 Å². The Kier molecular flexibility index (Phi) is 4.73. The summed E-state index contributed by atoms with van der Waals surface area (Å²) in [4.78, 5) is 0. The van der Waals surface area contributed by atoms with Crippen LogP contribution in [0.4, 0.5) is 0 Å². The average Bonchev–Trinajstić information content (AvgIpc) is 3.00. The second kappa shape index (κ2) is 5.44. The van der Waals surface area contributed by atoms with Gasteiger partial charge < -0.3 is 5.11 Å². The van der Waals surface area contributed by atoms with E-state index in [-0.39, 0.29) is 6.54 Å². The lowest BCUT2D eigenvalue weighted by Crippen LogP contribution is -2.43. The van der Waals surface area contributed by atoms with E-state index in [2.05, 4.69) is 0 Å². The van der Waals surface area contributed by atoms with Crippen molar-refractivity contribution in [3.05, 3.63) is 0 Å². The van der Waals surface area contributed by atoms with Gasteiger partial charge in [0.2, 0.25) is 0 Å². The second-order valence-electron chi connectivity index (χ2n) is 4.51. The van der Waals surface area contributed by atoms with Crippen LogP contribution in [0.3, 0.4) is 0 Å². The highest BCUT2D eigenvalue weighted by atomic mass is 32.2. The molecule has 0 aromatic heterocycles. The Labute approximate surface area is 98.2 Å². The Balaban J connectivity index is 2.53. The highest BCUT2D eigenvalue weighted by Crippen LogP contribution is 2.33. The minimum atomic E-state index is -3.40. The van der Waals surface area contributed by atoms with E-state index in [1.54, 1.807) is 7.05 Å². The fourth-order valence-electron chi connectivity index (χ4n) is 1.66. The van der Waals surface area contributed by atoms with Crippen LogP contribution in [-0.2, 0) is 10.2 Å². The molecule has 0 aromatic carbocycles. The van der Waals surface area contributed by atoms with E-state index in [0.29, 0.717) is 12.5 Å². The van der Waals surface area contributed by atoms with Gasteiger partial charge in [-0.05, 0) is 25.2 Å². The zero-order chi connectivity index (χ0) is 12.3. The lowest BCUT2D eigenvalue weighted by molar-refractivity contribution is 0.129. The molecule has 6 heteroatoms. The van der Waals surface area contributed by atoms with Crippen molar-refractivity contribution in [2.75, 3.05) is 27.2 Å². The molecule has 5 nitrogen and oxygen atoms in total. The van der Waals surface area contributed by atoms with Gasteiger partial charge >= 0.3 is 0 Å². The molecule has 1 aliphatic rings. The summed E-state index contributed by atoms with van der Waals surface area (Å²) in [6.07, 6.45) is 2.30.